The summed E-state index contributed by atoms with van der Waals surface area (Å²) in [6.07, 6.45) is 5.97. The minimum Gasteiger partial charge on any atom is -0.480 e. The van der Waals surface area contributed by atoms with Crippen LogP contribution in [0.2, 0.25) is 5.02 Å². The average Bonchev–Trinajstić information content (AvgIpc) is 2.63. The number of hydrogen-bond donors (Lipinski definition) is 1. The molecule has 2 amide bonds. The van der Waals surface area contributed by atoms with E-state index < -0.39 is 0 Å². The lowest BCUT2D eigenvalue weighted by Crippen LogP contribution is -2.42. The van der Waals surface area contributed by atoms with Gasteiger partial charge in [-0.1, -0.05) is 36.2 Å². The van der Waals surface area contributed by atoms with Crippen molar-refractivity contribution in [1.29, 1.82) is 0 Å². The van der Waals surface area contributed by atoms with Crippen LogP contribution in [0, 0.1) is 12.8 Å². The van der Waals surface area contributed by atoms with Crippen molar-refractivity contribution in [3.05, 3.63) is 52.3 Å². The summed E-state index contributed by atoms with van der Waals surface area (Å²) < 4.78 is 4.97. The van der Waals surface area contributed by atoms with Gasteiger partial charge in [0, 0.05) is 18.1 Å². The van der Waals surface area contributed by atoms with Crippen molar-refractivity contribution < 1.29 is 9.53 Å². The van der Waals surface area contributed by atoms with Crippen molar-refractivity contribution in [3.63, 3.8) is 0 Å². The van der Waals surface area contributed by atoms with Gasteiger partial charge in [-0.15, -0.1) is 0 Å². The van der Waals surface area contributed by atoms with E-state index in [1.165, 1.54) is 25.1 Å². The van der Waals surface area contributed by atoms with E-state index in [1.807, 2.05) is 19.1 Å². The molecule has 0 spiro atoms. The first kappa shape index (κ1) is 19.2. The number of rotatable bonds is 3. The van der Waals surface area contributed by atoms with Gasteiger partial charge in [-0.3, -0.25) is 5.32 Å². The van der Waals surface area contributed by atoms with Crippen molar-refractivity contribution in [2.75, 3.05) is 25.5 Å². The van der Waals surface area contributed by atoms with Crippen LogP contribution in [-0.4, -0.2) is 41.1 Å². The lowest BCUT2D eigenvalue weighted by molar-refractivity contribution is 0.197. The number of nitrogens with one attached hydrogen (secondary N) is 1. The lowest BCUT2D eigenvalue weighted by Gasteiger charge is -2.33. The molecule has 3 rings (SSSR count). The van der Waals surface area contributed by atoms with E-state index in [0.717, 1.165) is 22.6 Å². The number of aromatic nitrogens is 2. The quantitative estimate of drug-likeness (QED) is 0.848. The van der Waals surface area contributed by atoms with Crippen LogP contribution < -0.4 is 10.1 Å². The first-order valence-electron chi connectivity index (χ1n) is 8.84. The third-order valence-electron chi connectivity index (χ3n) is 4.57. The number of hydrogen-bond acceptors (Lipinski definition) is 4. The molecule has 1 aliphatic rings. The van der Waals surface area contributed by atoms with Gasteiger partial charge in [-0.05, 0) is 42.5 Å². The summed E-state index contributed by atoms with van der Waals surface area (Å²) in [5.74, 6) is 1.08. The third-order valence-corrected chi connectivity index (χ3v) is 4.79. The zero-order chi connectivity index (χ0) is 19.4. The van der Waals surface area contributed by atoms with Crippen molar-refractivity contribution in [2.24, 2.45) is 5.92 Å². The van der Waals surface area contributed by atoms with Gasteiger partial charge in [0.15, 0.2) is 5.82 Å². The van der Waals surface area contributed by atoms with Crippen molar-refractivity contribution in [2.45, 2.75) is 20.3 Å². The predicted molar refractivity (Wildman–Crippen MR) is 107 cm³/mol. The van der Waals surface area contributed by atoms with E-state index in [4.69, 9.17) is 16.3 Å². The normalized spacial score (nSPS) is 18.4. The highest BCUT2D eigenvalue weighted by atomic mass is 35.5. The van der Waals surface area contributed by atoms with Gasteiger partial charge >= 0.3 is 6.03 Å². The number of urea groups is 1. The van der Waals surface area contributed by atoms with Crippen LogP contribution in [0.15, 0.2) is 36.2 Å². The number of carbonyl (C=O) groups excluding carboxylic acids is 1. The Bertz CT molecular complexity index is 831. The third kappa shape index (κ3) is 4.98. The van der Waals surface area contributed by atoms with Crippen molar-refractivity contribution in [1.82, 2.24) is 14.9 Å². The Kier molecular flexibility index (Phi) is 5.96. The monoisotopic (exact) mass is 386 g/mol. The van der Waals surface area contributed by atoms with Gasteiger partial charge in [0.25, 0.3) is 0 Å². The Morgan fingerprint density at radius 3 is 2.78 bits per heavy atom. The summed E-state index contributed by atoms with van der Waals surface area (Å²) in [5.41, 5.74) is 3.57. The molecule has 0 bridgehead atoms. The number of nitrogens with zero attached hydrogens (tertiary/aromatic N) is 3. The lowest BCUT2D eigenvalue weighted by atomic mass is 9.91. The van der Waals surface area contributed by atoms with E-state index >= 15 is 0 Å². The molecule has 2 heterocycles. The molecule has 1 N–H and O–H groups in total. The number of ether oxygens (including phenoxy) is 1. The highest BCUT2D eigenvalue weighted by molar-refractivity contribution is 6.30. The summed E-state index contributed by atoms with van der Waals surface area (Å²) in [4.78, 5) is 22.5. The number of aryl methyl sites for hydroxylation is 1. The van der Waals surface area contributed by atoms with Crippen LogP contribution in [0.4, 0.5) is 10.6 Å². The Morgan fingerprint density at radius 1 is 1.33 bits per heavy atom. The number of amides is 2. The molecule has 27 heavy (non-hydrogen) atoms. The fourth-order valence-electron chi connectivity index (χ4n) is 3.19. The number of methoxy groups -OCH3 is 1. The molecule has 1 aromatic carbocycles. The van der Waals surface area contributed by atoms with Gasteiger partial charge in [-0.2, -0.15) is 0 Å². The first-order valence-corrected chi connectivity index (χ1v) is 9.22. The van der Waals surface area contributed by atoms with Gasteiger partial charge in [0.1, 0.15) is 0 Å². The number of likely N-dealkylation sites (tertiary alicyclic amines) is 1. The molecule has 1 saturated heterocycles. The van der Waals surface area contributed by atoms with E-state index in [2.05, 4.69) is 34.4 Å². The minimum absolute atomic E-state index is 0.168. The highest BCUT2D eigenvalue weighted by Crippen LogP contribution is 2.26. The number of halogens is 1. The molecular formula is C20H23ClN4O2. The Hall–Kier alpha value is -2.60. The second-order valence-corrected chi connectivity index (χ2v) is 7.19. The maximum Gasteiger partial charge on any atom is 0.323 e. The second-order valence-electron chi connectivity index (χ2n) is 6.75. The molecule has 6 nitrogen and oxygen atoms in total. The Labute approximate surface area is 164 Å². The van der Waals surface area contributed by atoms with Crippen LogP contribution in [0.1, 0.15) is 24.5 Å². The van der Waals surface area contributed by atoms with Crippen LogP contribution in [0.25, 0.3) is 6.08 Å². The molecule has 7 heteroatoms. The van der Waals surface area contributed by atoms with Crippen LogP contribution >= 0.6 is 11.6 Å². The number of piperidine rings is 1. The predicted octanol–water partition coefficient (Wildman–Crippen LogP) is 4.40. The van der Waals surface area contributed by atoms with Crippen molar-refractivity contribution in [3.8, 4) is 5.88 Å². The van der Waals surface area contributed by atoms with Gasteiger partial charge < -0.3 is 9.64 Å². The summed E-state index contributed by atoms with van der Waals surface area (Å²) in [5, 5.41) is 3.53. The zero-order valence-corrected chi connectivity index (χ0v) is 16.5. The number of carbonyl (C=O) groups is 1. The fourth-order valence-corrected chi connectivity index (χ4v) is 3.48. The fraction of sp³-hybridized carbons (Fsp3) is 0.350. The Balaban J connectivity index is 1.63. The highest BCUT2D eigenvalue weighted by Gasteiger charge is 2.24. The van der Waals surface area contributed by atoms with Gasteiger partial charge in [0.2, 0.25) is 5.88 Å². The molecule has 1 fully saturated rings. The molecule has 1 aromatic heterocycles. The molecule has 1 unspecified atom stereocenters. The van der Waals surface area contributed by atoms with Gasteiger partial charge in [-0.25, -0.2) is 14.8 Å². The molecule has 2 aromatic rings. The number of benzene rings is 1. The molecule has 0 saturated carbocycles. The molecule has 1 aliphatic heterocycles. The first-order chi connectivity index (χ1) is 12.9. The van der Waals surface area contributed by atoms with Crippen LogP contribution in [0.5, 0.6) is 5.88 Å². The van der Waals surface area contributed by atoms with E-state index in [1.54, 1.807) is 4.90 Å². The minimum atomic E-state index is -0.168. The summed E-state index contributed by atoms with van der Waals surface area (Å²) in [6.45, 7) is 5.48. The largest absolute Gasteiger partial charge is 0.480 e. The zero-order valence-electron chi connectivity index (χ0n) is 15.7. The second kappa shape index (κ2) is 8.39. The van der Waals surface area contributed by atoms with Gasteiger partial charge in [0.05, 0.1) is 19.5 Å². The summed E-state index contributed by atoms with van der Waals surface area (Å²) in [6, 6.07) is 5.86. The standard InChI is InChI=1S/C20H23ClN4O2/c1-13-6-15(9-17(21)7-13)8-16-4-5-25(12-14(16)2)20(26)24-18-10-23-19(27-3)11-22-18/h6-11,14H,4-5,12H2,1-3H3,(H,22,24,26)/b16-8+. The molecule has 0 aliphatic carbocycles. The molecular weight excluding hydrogens is 364 g/mol. The van der Waals surface area contributed by atoms with E-state index in [9.17, 15) is 4.79 Å². The summed E-state index contributed by atoms with van der Waals surface area (Å²) in [7, 11) is 1.52. The molecule has 142 valence electrons. The maximum absolute atomic E-state index is 12.5. The maximum atomic E-state index is 12.5. The summed E-state index contributed by atoms with van der Waals surface area (Å²) >= 11 is 6.16. The SMILES string of the molecule is COc1cnc(NC(=O)N2CC/C(=C\c3cc(C)cc(Cl)c3)C(C)C2)cn1. The van der Waals surface area contributed by atoms with Crippen molar-refractivity contribution >= 4 is 29.5 Å². The van der Waals surface area contributed by atoms with E-state index in [0.29, 0.717) is 24.8 Å². The van der Waals surface area contributed by atoms with E-state index in [-0.39, 0.29) is 11.9 Å². The number of anilines is 1. The Morgan fingerprint density at radius 2 is 2.15 bits per heavy atom. The van der Waals surface area contributed by atoms with Crippen LogP contribution in [-0.2, 0) is 0 Å². The topological polar surface area (TPSA) is 67.3 Å². The molecule has 0 radical (unpaired) electrons. The smallest absolute Gasteiger partial charge is 0.323 e. The average molecular weight is 387 g/mol. The molecule has 1 atom stereocenters. The van der Waals surface area contributed by atoms with Crippen LogP contribution in [0.3, 0.4) is 0 Å².